The van der Waals surface area contributed by atoms with Crippen LogP contribution in [0.5, 0.6) is 5.75 Å². The van der Waals surface area contributed by atoms with Gasteiger partial charge in [0.15, 0.2) is 0 Å². The molecule has 1 heterocycles. The predicted molar refractivity (Wildman–Crippen MR) is 99.0 cm³/mol. The maximum absolute atomic E-state index is 12.2. The number of hydrogen-bond acceptors (Lipinski definition) is 4. The zero-order valence-corrected chi connectivity index (χ0v) is 13.8. The summed E-state index contributed by atoms with van der Waals surface area (Å²) in [4.78, 5) is 12.8. The summed E-state index contributed by atoms with van der Waals surface area (Å²) in [5.74, 6) is 0.467. The summed E-state index contributed by atoms with van der Waals surface area (Å²) in [7, 11) is 0. The summed E-state index contributed by atoms with van der Waals surface area (Å²) in [5.41, 5.74) is 3.34. The van der Waals surface area contributed by atoms with E-state index in [4.69, 9.17) is 4.74 Å². The van der Waals surface area contributed by atoms with Crippen molar-refractivity contribution in [1.29, 1.82) is 0 Å². The Morgan fingerprint density at radius 1 is 1.21 bits per heavy atom. The number of hydrazone groups is 1. The topological polar surface area (TPSA) is 50.7 Å². The van der Waals surface area contributed by atoms with Crippen LogP contribution in [-0.4, -0.2) is 18.7 Å². The van der Waals surface area contributed by atoms with Crippen molar-refractivity contribution < 1.29 is 9.53 Å². The van der Waals surface area contributed by atoms with Crippen molar-refractivity contribution in [2.24, 2.45) is 5.10 Å². The van der Waals surface area contributed by atoms with Gasteiger partial charge in [0.25, 0.3) is 5.91 Å². The number of amides is 1. The molecule has 1 amide bonds. The van der Waals surface area contributed by atoms with E-state index < -0.39 is 0 Å². The van der Waals surface area contributed by atoms with E-state index in [1.165, 1.54) is 11.3 Å². The Hall–Kier alpha value is -2.92. The molecule has 120 valence electrons. The zero-order valence-electron chi connectivity index (χ0n) is 12.9. The van der Waals surface area contributed by atoms with Gasteiger partial charge >= 0.3 is 0 Å². The van der Waals surface area contributed by atoms with Crippen molar-refractivity contribution in [1.82, 2.24) is 5.43 Å². The van der Waals surface area contributed by atoms with Crippen LogP contribution in [0, 0.1) is 0 Å². The molecule has 0 bridgehead atoms. The van der Waals surface area contributed by atoms with Crippen LogP contribution in [0.4, 0.5) is 0 Å². The Labute approximate surface area is 144 Å². The SMILES string of the molecule is C=CCOc1ccccc1/C=N/NC(=O)c1cc2ccccc2s1. The summed E-state index contributed by atoms with van der Waals surface area (Å²) >= 11 is 1.44. The minimum atomic E-state index is -0.225. The van der Waals surface area contributed by atoms with Gasteiger partial charge in [-0.15, -0.1) is 11.3 Å². The molecule has 0 spiro atoms. The second-order valence-electron chi connectivity index (χ2n) is 4.99. The summed E-state index contributed by atoms with van der Waals surface area (Å²) < 4.78 is 6.63. The molecular weight excluding hydrogens is 320 g/mol. The van der Waals surface area contributed by atoms with Gasteiger partial charge in [-0.3, -0.25) is 4.79 Å². The van der Waals surface area contributed by atoms with Gasteiger partial charge in [-0.05, 0) is 29.7 Å². The van der Waals surface area contributed by atoms with E-state index in [1.807, 2.05) is 54.6 Å². The van der Waals surface area contributed by atoms with E-state index in [-0.39, 0.29) is 5.91 Å². The van der Waals surface area contributed by atoms with Gasteiger partial charge in [-0.25, -0.2) is 5.43 Å². The standard InChI is InChI=1S/C19H16N2O2S/c1-2-11-23-16-9-5-3-8-15(16)13-20-21-19(22)18-12-14-7-4-6-10-17(14)24-18/h2-10,12-13H,1,11H2,(H,21,22)/b20-13+. The lowest BCUT2D eigenvalue weighted by atomic mass is 10.2. The first-order valence-electron chi connectivity index (χ1n) is 7.42. The number of ether oxygens (including phenoxy) is 1. The highest BCUT2D eigenvalue weighted by Gasteiger charge is 2.09. The molecule has 0 aliphatic heterocycles. The van der Waals surface area contributed by atoms with E-state index in [0.717, 1.165) is 15.6 Å². The van der Waals surface area contributed by atoms with Crippen LogP contribution in [-0.2, 0) is 0 Å². The number of benzene rings is 2. The number of rotatable bonds is 6. The van der Waals surface area contributed by atoms with Gasteiger partial charge in [-0.1, -0.05) is 43.0 Å². The van der Waals surface area contributed by atoms with Crippen LogP contribution in [0.25, 0.3) is 10.1 Å². The molecule has 24 heavy (non-hydrogen) atoms. The minimum absolute atomic E-state index is 0.225. The lowest BCUT2D eigenvalue weighted by Crippen LogP contribution is -2.16. The van der Waals surface area contributed by atoms with E-state index in [2.05, 4.69) is 17.1 Å². The highest BCUT2D eigenvalue weighted by Crippen LogP contribution is 2.25. The maximum atomic E-state index is 12.2. The Balaban J connectivity index is 1.69. The summed E-state index contributed by atoms with van der Waals surface area (Å²) in [6, 6.07) is 17.2. The molecule has 1 N–H and O–H groups in total. The van der Waals surface area contributed by atoms with Crippen molar-refractivity contribution in [3.63, 3.8) is 0 Å². The van der Waals surface area contributed by atoms with Gasteiger partial charge < -0.3 is 4.74 Å². The van der Waals surface area contributed by atoms with Gasteiger partial charge in [0, 0.05) is 10.3 Å². The number of nitrogens with zero attached hydrogens (tertiary/aromatic N) is 1. The van der Waals surface area contributed by atoms with Gasteiger partial charge in [0.2, 0.25) is 0 Å². The fourth-order valence-corrected chi connectivity index (χ4v) is 3.13. The van der Waals surface area contributed by atoms with E-state index in [1.54, 1.807) is 12.3 Å². The van der Waals surface area contributed by atoms with Crippen LogP contribution in [0.1, 0.15) is 15.2 Å². The van der Waals surface area contributed by atoms with Crippen molar-refractivity contribution in [3.05, 3.63) is 77.7 Å². The van der Waals surface area contributed by atoms with Crippen molar-refractivity contribution in [3.8, 4) is 5.75 Å². The fraction of sp³-hybridized carbons (Fsp3) is 0.0526. The highest BCUT2D eigenvalue weighted by molar-refractivity contribution is 7.20. The van der Waals surface area contributed by atoms with Gasteiger partial charge in [0.1, 0.15) is 12.4 Å². The molecule has 3 rings (SSSR count). The van der Waals surface area contributed by atoms with Crippen LogP contribution < -0.4 is 10.2 Å². The molecule has 5 heteroatoms. The summed E-state index contributed by atoms with van der Waals surface area (Å²) in [6.07, 6.45) is 3.25. The third-order valence-corrected chi connectivity index (χ3v) is 4.41. The van der Waals surface area contributed by atoms with Crippen molar-refractivity contribution in [2.45, 2.75) is 0 Å². The second-order valence-corrected chi connectivity index (χ2v) is 6.07. The first kappa shape index (κ1) is 16.0. The number of carbonyl (C=O) groups is 1. The number of carbonyl (C=O) groups excluding carboxylic acids is 1. The predicted octanol–water partition coefficient (Wildman–Crippen LogP) is 4.23. The molecule has 0 atom stereocenters. The molecule has 0 aliphatic carbocycles. The maximum Gasteiger partial charge on any atom is 0.281 e. The van der Waals surface area contributed by atoms with Crippen LogP contribution in [0.2, 0.25) is 0 Å². The number of fused-ring (bicyclic) bond motifs is 1. The molecule has 4 nitrogen and oxygen atoms in total. The minimum Gasteiger partial charge on any atom is -0.489 e. The molecule has 3 aromatic rings. The number of thiophene rings is 1. The summed E-state index contributed by atoms with van der Waals surface area (Å²) in [5, 5.41) is 5.09. The third-order valence-electron chi connectivity index (χ3n) is 3.29. The van der Waals surface area contributed by atoms with E-state index in [9.17, 15) is 4.79 Å². The molecule has 0 aliphatic rings. The fourth-order valence-electron chi connectivity index (χ4n) is 2.18. The molecule has 0 saturated carbocycles. The lowest BCUT2D eigenvalue weighted by molar-refractivity contribution is 0.0959. The Bertz CT molecular complexity index is 866. The van der Waals surface area contributed by atoms with Crippen molar-refractivity contribution >= 4 is 33.5 Å². The van der Waals surface area contributed by atoms with Crippen LogP contribution in [0.15, 0.2) is 72.4 Å². The second kappa shape index (κ2) is 7.57. The molecule has 0 fully saturated rings. The van der Waals surface area contributed by atoms with Crippen molar-refractivity contribution in [2.75, 3.05) is 6.61 Å². The van der Waals surface area contributed by atoms with E-state index in [0.29, 0.717) is 17.2 Å². The van der Waals surface area contributed by atoms with Crippen LogP contribution >= 0.6 is 11.3 Å². The molecule has 1 aromatic heterocycles. The van der Waals surface area contributed by atoms with E-state index >= 15 is 0 Å². The third kappa shape index (κ3) is 3.70. The normalized spacial score (nSPS) is 10.8. The number of nitrogens with one attached hydrogen (secondary N) is 1. The largest absolute Gasteiger partial charge is 0.489 e. The monoisotopic (exact) mass is 336 g/mol. The number of hydrogen-bond donors (Lipinski definition) is 1. The zero-order chi connectivity index (χ0) is 16.8. The molecule has 0 unspecified atom stereocenters. The van der Waals surface area contributed by atoms with Gasteiger partial charge in [0.05, 0.1) is 11.1 Å². The first-order valence-corrected chi connectivity index (χ1v) is 8.24. The summed E-state index contributed by atoms with van der Waals surface area (Å²) in [6.45, 7) is 4.04. The smallest absolute Gasteiger partial charge is 0.281 e. The van der Waals surface area contributed by atoms with Crippen LogP contribution in [0.3, 0.4) is 0 Å². The highest BCUT2D eigenvalue weighted by atomic mass is 32.1. The molecule has 2 aromatic carbocycles. The van der Waals surface area contributed by atoms with Gasteiger partial charge in [-0.2, -0.15) is 5.10 Å². The first-order chi connectivity index (χ1) is 11.8. The average Bonchev–Trinajstić information content (AvgIpc) is 3.05. The number of para-hydroxylation sites is 1. The molecule has 0 radical (unpaired) electrons. The lowest BCUT2D eigenvalue weighted by Gasteiger charge is -2.06. The quantitative estimate of drug-likeness (QED) is 0.416. The Kier molecular flexibility index (Phi) is 5.03. The molecular formula is C19H16N2O2S. The average molecular weight is 336 g/mol. The Morgan fingerprint density at radius 2 is 2.00 bits per heavy atom. The molecule has 0 saturated heterocycles. The Morgan fingerprint density at radius 3 is 2.83 bits per heavy atom.